The van der Waals surface area contributed by atoms with Gasteiger partial charge in [0.1, 0.15) is 30.1 Å². The molecule has 0 spiro atoms. The van der Waals surface area contributed by atoms with Gasteiger partial charge in [-0.3, -0.25) is 23.7 Å². The maximum Gasteiger partial charge on any atom is 0.329 e. The minimum absolute atomic E-state index is 0.00279. The van der Waals surface area contributed by atoms with Crippen molar-refractivity contribution in [2.45, 2.75) is 180 Å². The van der Waals surface area contributed by atoms with Crippen LogP contribution < -0.4 is 0 Å². The van der Waals surface area contributed by atoms with Crippen LogP contribution in [0.2, 0.25) is 0 Å². The molecule has 3 aliphatic heterocycles. The van der Waals surface area contributed by atoms with Crippen molar-refractivity contribution in [2.24, 2.45) is 35.5 Å². The Morgan fingerprint density at radius 2 is 1.58 bits per heavy atom. The van der Waals surface area contributed by atoms with Crippen molar-refractivity contribution in [3.63, 3.8) is 0 Å². The van der Waals surface area contributed by atoms with E-state index in [1.807, 2.05) is 58.1 Å². The van der Waals surface area contributed by atoms with Crippen LogP contribution in [0.15, 0.2) is 47.6 Å². The topological polar surface area (TPSA) is 220 Å². The van der Waals surface area contributed by atoms with Crippen molar-refractivity contribution in [3.05, 3.63) is 47.6 Å². The number of ketones is 3. The second-order valence-corrected chi connectivity index (χ2v) is 23.3. The molecule has 1 aliphatic carbocycles. The van der Waals surface area contributed by atoms with Gasteiger partial charge < -0.3 is 52.6 Å². The summed E-state index contributed by atoms with van der Waals surface area (Å²) >= 11 is 0. The molecule has 4 rings (SSSR count). The average molecular weight is 1050 g/mol. The number of carbonyl (C=O) groups excluding carboxylic acids is 5. The van der Waals surface area contributed by atoms with Gasteiger partial charge >= 0.3 is 13.6 Å². The number of methoxy groups -OCH3 is 4. The fourth-order valence-electron chi connectivity index (χ4n) is 10.8. The predicted octanol–water partition coefficient (Wildman–Crippen LogP) is 7.69. The number of amides is 1. The Labute approximate surface area is 434 Å². The monoisotopic (exact) mass is 1050 g/mol. The van der Waals surface area contributed by atoms with Gasteiger partial charge in [-0.2, -0.15) is 0 Å². The van der Waals surface area contributed by atoms with Crippen LogP contribution in [0.3, 0.4) is 0 Å². The number of rotatable bonds is 12. The van der Waals surface area contributed by atoms with E-state index in [4.69, 9.17) is 37.5 Å². The summed E-state index contributed by atoms with van der Waals surface area (Å²) in [6, 6.07) is -1.18. The van der Waals surface area contributed by atoms with E-state index in [2.05, 4.69) is 0 Å². The molecule has 414 valence electrons. The van der Waals surface area contributed by atoms with Gasteiger partial charge in [0.15, 0.2) is 5.78 Å². The van der Waals surface area contributed by atoms with Gasteiger partial charge in [0.05, 0.1) is 37.6 Å². The number of cyclic esters (lactones) is 1. The fourth-order valence-corrected chi connectivity index (χ4v) is 12.0. The Morgan fingerprint density at radius 1 is 0.849 bits per heavy atom. The first kappa shape index (κ1) is 62.3. The summed E-state index contributed by atoms with van der Waals surface area (Å²) in [4.78, 5) is 72.5. The number of aliphatic hydroxyl groups excluding tert-OH is 1. The van der Waals surface area contributed by atoms with Gasteiger partial charge in [-0.15, -0.1) is 0 Å². The molecular formula is C55H88NO16P. The first-order valence-corrected chi connectivity index (χ1v) is 28.4. The van der Waals surface area contributed by atoms with Crippen LogP contribution >= 0.6 is 7.60 Å². The van der Waals surface area contributed by atoms with Crippen molar-refractivity contribution in [3.8, 4) is 0 Å². The smallest absolute Gasteiger partial charge is 0.329 e. The van der Waals surface area contributed by atoms with Gasteiger partial charge in [-0.05, 0) is 107 Å². The normalized spacial score (nSPS) is 38.2. The summed E-state index contributed by atoms with van der Waals surface area (Å²) in [6.07, 6.45) is 10.6. The Bertz CT molecular complexity index is 2020. The zero-order chi connectivity index (χ0) is 54.2. The van der Waals surface area contributed by atoms with Gasteiger partial charge in [0, 0.05) is 72.2 Å². The van der Waals surface area contributed by atoms with E-state index in [1.165, 1.54) is 25.8 Å². The second-order valence-electron chi connectivity index (χ2n) is 21.3. The molecule has 0 aromatic carbocycles. The molecule has 0 aromatic rings. The molecule has 1 saturated carbocycles. The Hall–Kier alpha value is -3.22. The number of esters is 1. The van der Waals surface area contributed by atoms with Crippen molar-refractivity contribution in [1.82, 2.24) is 4.90 Å². The minimum Gasteiger partial charge on any atom is -0.460 e. The lowest BCUT2D eigenvalue weighted by Gasteiger charge is -2.42. The molecule has 2 bridgehead atoms. The van der Waals surface area contributed by atoms with Crippen molar-refractivity contribution >= 4 is 36.8 Å². The van der Waals surface area contributed by atoms with E-state index < -0.39 is 103 Å². The van der Waals surface area contributed by atoms with Crippen LogP contribution in [0.1, 0.15) is 126 Å². The Kier molecular flexibility index (Phi) is 25.0. The van der Waals surface area contributed by atoms with Gasteiger partial charge in [-0.25, -0.2) is 4.79 Å². The third-order valence-electron chi connectivity index (χ3n) is 15.4. The van der Waals surface area contributed by atoms with Crippen LogP contribution in [0.4, 0.5) is 0 Å². The summed E-state index contributed by atoms with van der Waals surface area (Å²) in [5, 5.41) is 23.5. The molecule has 2 N–H and O–H groups in total. The van der Waals surface area contributed by atoms with E-state index in [0.29, 0.717) is 69.8 Å². The number of carbonyl (C=O) groups is 5. The third-order valence-corrected chi connectivity index (χ3v) is 16.7. The molecule has 1 amide bonds. The summed E-state index contributed by atoms with van der Waals surface area (Å²) in [5.74, 6) is -8.35. The molecule has 3 fully saturated rings. The Morgan fingerprint density at radius 3 is 2.25 bits per heavy atom. The molecule has 18 heteroatoms. The third kappa shape index (κ3) is 17.7. The minimum atomic E-state index is -3.43. The van der Waals surface area contributed by atoms with E-state index >= 15 is 0 Å². The summed E-state index contributed by atoms with van der Waals surface area (Å²) in [7, 11) is 2.60. The number of ether oxygens (including phenoxy) is 6. The van der Waals surface area contributed by atoms with Crippen LogP contribution in [0, 0.1) is 35.5 Å². The number of Topliss-reactive ketones (excluding diaryl/α,β-unsaturated/α-hetero) is 3. The zero-order valence-electron chi connectivity index (χ0n) is 45.7. The molecule has 3 heterocycles. The second kappa shape index (κ2) is 29.3. The molecule has 73 heavy (non-hydrogen) atoms. The quantitative estimate of drug-likeness (QED) is 0.0629. The van der Waals surface area contributed by atoms with E-state index in [-0.39, 0.29) is 56.0 Å². The van der Waals surface area contributed by atoms with E-state index in [1.54, 1.807) is 41.1 Å². The maximum absolute atomic E-state index is 14.6. The zero-order valence-corrected chi connectivity index (χ0v) is 46.6. The molecule has 17 nitrogen and oxygen atoms in total. The fraction of sp³-hybridized carbons (Fsp3) is 0.764. The highest BCUT2D eigenvalue weighted by molar-refractivity contribution is 7.53. The number of hydrogen-bond donors (Lipinski definition) is 2. The number of fused-ring (bicyclic) bond motifs is 3. The summed E-state index contributed by atoms with van der Waals surface area (Å²) in [6.45, 7) is 14.5. The summed E-state index contributed by atoms with van der Waals surface area (Å²) in [5.41, 5.74) is 1.24. The van der Waals surface area contributed by atoms with Crippen molar-refractivity contribution in [1.29, 1.82) is 0 Å². The molecule has 16 atom stereocenters. The van der Waals surface area contributed by atoms with Gasteiger partial charge in [-0.1, -0.05) is 71.1 Å². The largest absolute Gasteiger partial charge is 0.460 e. The predicted molar refractivity (Wildman–Crippen MR) is 275 cm³/mol. The van der Waals surface area contributed by atoms with Crippen molar-refractivity contribution in [2.75, 3.05) is 54.9 Å². The first-order valence-electron chi connectivity index (χ1n) is 26.4. The molecular weight excluding hydrogens is 962 g/mol. The lowest BCUT2D eigenvalue weighted by molar-refractivity contribution is -0.265. The van der Waals surface area contributed by atoms with Crippen LogP contribution in [-0.2, 0) is 66.0 Å². The number of piperidine rings is 1. The lowest BCUT2D eigenvalue weighted by atomic mass is 9.78. The number of allylic oxidation sites excluding steroid dienone is 6. The van der Waals surface area contributed by atoms with Crippen LogP contribution in [-0.4, -0.2) is 154 Å². The van der Waals surface area contributed by atoms with Crippen LogP contribution in [0.25, 0.3) is 0 Å². The highest BCUT2D eigenvalue weighted by Gasteiger charge is 2.53. The van der Waals surface area contributed by atoms with E-state index in [9.17, 15) is 38.8 Å². The number of aliphatic hydroxyl groups is 2. The highest BCUT2D eigenvalue weighted by atomic mass is 31.2. The first-order chi connectivity index (χ1) is 34.5. The number of hydrogen-bond acceptors (Lipinski definition) is 16. The molecule has 4 aliphatic rings. The summed E-state index contributed by atoms with van der Waals surface area (Å²) < 4.78 is 59.5. The average Bonchev–Trinajstić information content (AvgIpc) is 3.35. The Balaban J connectivity index is 1.68. The van der Waals surface area contributed by atoms with Crippen LogP contribution in [0.5, 0.6) is 0 Å². The standard InChI is InChI=1S/C55H88NO16P/c1-34-18-14-13-15-19-35(2)46(66-9)32-42-23-21-40(7)55(63,71-42)52(60)53(61)56-25-17-16-20-43(56)54(62)70-47(33-44(57)36(3)29-39(6)50(59)51(68-11)49(58)38(5)28-34)37(4)30-41-22-24-45(48(31-41)67-10)72-73(12,64)69-27-26-65-8/h13-15,18-19,29,34,36-38,40-43,45-48,50-51,59,63H,16-17,20-28,30-33H2,1-12H3/b15-13+,18-14+,35-19+,39-29+/t34-,36-,37-,38-,40-,41+,42+,43+,45-,46+,47+,48-,50-,51+,55-,73?/m1/s1. The lowest BCUT2D eigenvalue weighted by Crippen LogP contribution is -2.61. The van der Waals surface area contributed by atoms with Gasteiger partial charge in [0.2, 0.25) is 5.79 Å². The molecule has 0 radical (unpaired) electrons. The maximum atomic E-state index is 14.6. The number of nitrogens with zero attached hydrogens (tertiary/aromatic N) is 1. The molecule has 2 saturated heterocycles. The van der Waals surface area contributed by atoms with E-state index in [0.717, 1.165) is 5.57 Å². The molecule has 1 unspecified atom stereocenters. The molecule has 0 aromatic heterocycles. The van der Waals surface area contributed by atoms with Gasteiger partial charge in [0.25, 0.3) is 11.7 Å². The SMILES string of the molecule is COCCOP(C)(=O)O[C@@H]1CC[C@@H](C[C@@H](C)[C@@H]2CC(=O)[C@H](C)/C=C(\C)[C@@H](O)[C@@H](OC)C(=O)[C@H](C)C[C@H](C)/C=C/C=C/C=C(\C)[C@@H](OC)C[C@@H]3CC[C@@H](C)[C@@](O)(O3)C(=O)C(=O)N3CCCC[C@H]3C(=O)O2)C[C@H]1OC. The van der Waals surface area contributed by atoms with Crippen molar-refractivity contribution < 1.29 is 76.2 Å². The highest BCUT2D eigenvalue weighted by Crippen LogP contribution is 2.48.